The molecular formula is C19H23N3O4. The SMILES string of the molecule is CC(=O)N/C(=C\c1ccccc1)C(=O)OCC(=O)N[C@](C)(C#N)C(C)C. The molecule has 0 fully saturated rings. The Bertz CT molecular complexity index is 735. The Morgan fingerprint density at radius 1 is 1.27 bits per heavy atom. The largest absolute Gasteiger partial charge is 0.451 e. The van der Waals surface area contributed by atoms with E-state index in [9.17, 15) is 19.6 Å². The maximum absolute atomic E-state index is 12.2. The van der Waals surface area contributed by atoms with E-state index >= 15 is 0 Å². The Hall–Kier alpha value is -3.14. The highest BCUT2D eigenvalue weighted by atomic mass is 16.5. The third-order valence-corrected chi connectivity index (χ3v) is 3.76. The van der Waals surface area contributed by atoms with Gasteiger partial charge in [-0.05, 0) is 24.5 Å². The molecule has 1 rings (SSSR count). The molecule has 0 bridgehead atoms. The average Bonchev–Trinajstić information content (AvgIpc) is 2.59. The summed E-state index contributed by atoms with van der Waals surface area (Å²) in [4.78, 5) is 35.5. The van der Waals surface area contributed by atoms with Crippen molar-refractivity contribution >= 4 is 23.9 Å². The van der Waals surface area contributed by atoms with Gasteiger partial charge in [0.05, 0.1) is 6.07 Å². The lowest BCUT2D eigenvalue weighted by molar-refractivity contribution is -0.146. The molecule has 1 aromatic carbocycles. The number of amides is 2. The Labute approximate surface area is 153 Å². The smallest absolute Gasteiger partial charge is 0.355 e. The number of nitrogens with one attached hydrogen (secondary N) is 2. The van der Waals surface area contributed by atoms with Gasteiger partial charge in [-0.2, -0.15) is 5.26 Å². The zero-order valence-electron chi connectivity index (χ0n) is 15.3. The summed E-state index contributed by atoms with van der Waals surface area (Å²) in [6, 6.07) is 10.9. The highest BCUT2D eigenvalue weighted by Gasteiger charge is 2.30. The lowest BCUT2D eigenvalue weighted by Crippen LogP contribution is -2.50. The second-order valence-corrected chi connectivity index (χ2v) is 6.24. The quantitative estimate of drug-likeness (QED) is 0.571. The van der Waals surface area contributed by atoms with E-state index in [2.05, 4.69) is 10.6 Å². The fourth-order valence-corrected chi connectivity index (χ4v) is 1.89. The van der Waals surface area contributed by atoms with Gasteiger partial charge in [0.25, 0.3) is 5.91 Å². The molecule has 0 aliphatic heterocycles. The minimum Gasteiger partial charge on any atom is -0.451 e. The second-order valence-electron chi connectivity index (χ2n) is 6.24. The van der Waals surface area contributed by atoms with Gasteiger partial charge in [0, 0.05) is 6.92 Å². The van der Waals surface area contributed by atoms with Crippen LogP contribution >= 0.6 is 0 Å². The van der Waals surface area contributed by atoms with E-state index < -0.39 is 29.9 Å². The van der Waals surface area contributed by atoms with Gasteiger partial charge in [0.1, 0.15) is 11.2 Å². The second kappa shape index (κ2) is 9.37. The van der Waals surface area contributed by atoms with E-state index in [1.54, 1.807) is 45.0 Å². The minimum atomic E-state index is -1.07. The van der Waals surface area contributed by atoms with E-state index in [0.29, 0.717) is 5.56 Å². The molecule has 1 atom stereocenters. The molecule has 0 spiro atoms. The summed E-state index contributed by atoms with van der Waals surface area (Å²) in [7, 11) is 0. The number of ether oxygens (including phenoxy) is 1. The first-order chi connectivity index (χ1) is 12.2. The minimum absolute atomic E-state index is 0.0802. The first kappa shape index (κ1) is 20.9. The van der Waals surface area contributed by atoms with Crippen LogP contribution in [0.25, 0.3) is 6.08 Å². The number of carbonyl (C=O) groups is 3. The van der Waals surface area contributed by atoms with Crippen LogP contribution in [0.5, 0.6) is 0 Å². The molecule has 138 valence electrons. The van der Waals surface area contributed by atoms with Crippen LogP contribution in [0.15, 0.2) is 36.0 Å². The van der Waals surface area contributed by atoms with Crippen LogP contribution in [0.3, 0.4) is 0 Å². The molecular weight excluding hydrogens is 334 g/mol. The highest BCUT2D eigenvalue weighted by molar-refractivity contribution is 5.98. The van der Waals surface area contributed by atoms with E-state index in [1.165, 1.54) is 13.0 Å². The number of hydrogen-bond donors (Lipinski definition) is 2. The van der Waals surface area contributed by atoms with E-state index in [4.69, 9.17) is 4.74 Å². The van der Waals surface area contributed by atoms with Gasteiger partial charge >= 0.3 is 5.97 Å². The summed E-state index contributed by atoms with van der Waals surface area (Å²) in [5.74, 6) is -2.01. The number of nitriles is 1. The predicted octanol–water partition coefficient (Wildman–Crippen LogP) is 1.76. The van der Waals surface area contributed by atoms with Crippen LogP contribution in [-0.2, 0) is 19.1 Å². The fraction of sp³-hybridized carbons (Fsp3) is 0.368. The molecule has 0 unspecified atom stereocenters. The molecule has 0 aliphatic rings. The van der Waals surface area contributed by atoms with Gasteiger partial charge in [-0.1, -0.05) is 44.2 Å². The molecule has 0 saturated heterocycles. The maximum atomic E-state index is 12.2. The molecule has 0 saturated carbocycles. The Morgan fingerprint density at radius 2 is 1.88 bits per heavy atom. The van der Waals surface area contributed by atoms with Crippen molar-refractivity contribution in [2.75, 3.05) is 6.61 Å². The molecule has 2 amide bonds. The van der Waals surface area contributed by atoms with Crippen LogP contribution in [-0.4, -0.2) is 29.9 Å². The van der Waals surface area contributed by atoms with Crippen molar-refractivity contribution in [3.8, 4) is 6.07 Å². The third-order valence-electron chi connectivity index (χ3n) is 3.76. The molecule has 7 heteroatoms. The fourth-order valence-electron chi connectivity index (χ4n) is 1.89. The van der Waals surface area contributed by atoms with Crippen LogP contribution in [0.2, 0.25) is 0 Å². The van der Waals surface area contributed by atoms with Gasteiger partial charge in [0.15, 0.2) is 6.61 Å². The molecule has 26 heavy (non-hydrogen) atoms. The van der Waals surface area contributed by atoms with Crippen molar-refractivity contribution in [2.24, 2.45) is 5.92 Å². The number of benzene rings is 1. The van der Waals surface area contributed by atoms with Gasteiger partial charge in [0.2, 0.25) is 5.91 Å². The first-order valence-electron chi connectivity index (χ1n) is 8.11. The maximum Gasteiger partial charge on any atom is 0.355 e. The van der Waals surface area contributed by atoms with Crippen LogP contribution in [0.4, 0.5) is 0 Å². The standard InChI is InChI=1S/C19H23N3O4/c1-13(2)19(4,12-20)22-17(24)11-26-18(25)16(21-14(3)23)10-15-8-6-5-7-9-15/h5-10,13H,11H2,1-4H3,(H,21,23)(H,22,24)/b16-10-/t19-/m1/s1. The normalized spacial score (nSPS) is 13.3. The molecule has 0 aliphatic carbocycles. The topological polar surface area (TPSA) is 108 Å². The summed E-state index contributed by atoms with van der Waals surface area (Å²) in [6.45, 7) is 5.89. The Kier molecular flexibility index (Phi) is 7.53. The zero-order chi connectivity index (χ0) is 19.7. The Balaban J connectivity index is 2.79. The highest BCUT2D eigenvalue weighted by Crippen LogP contribution is 2.15. The summed E-state index contributed by atoms with van der Waals surface area (Å²) in [5, 5.41) is 14.1. The summed E-state index contributed by atoms with van der Waals surface area (Å²) in [6.07, 6.45) is 1.45. The molecule has 0 heterocycles. The first-order valence-corrected chi connectivity index (χ1v) is 8.11. The summed E-state index contributed by atoms with van der Waals surface area (Å²) < 4.78 is 4.97. The van der Waals surface area contributed by atoms with Crippen LogP contribution in [0.1, 0.15) is 33.3 Å². The van der Waals surface area contributed by atoms with Crippen LogP contribution in [0, 0.1) is 17.2 Å². The number of hydrogen-bond acceptors (Lipinski definition) is 5. The Morgan fingerprint density at radius 3 is 2.38 bits per heavy atom. The van der Waals surface area contributed by atoms with E-state index in [0.717, 1.165) is 0 Å². The van der Waals surface area contributed by atoms with Crippen molar-refractivity contribution in [2.45, 2.75) is 33.2 Å². The van der Waals surface area contributed by atoms with Gasteiger partial charge in [-0.3, -0.25) is 9.59 Å². The van der Waals surface area contributed by atoms with Crippen molar-refractivity contribution in [1.29, 1.82) is 5.26 Å². The van der Waals surface area contributed by atoms with Gasteiger partial charge in [-0.15, -0.1) is 0 Å². The molecule has 7 nitrogen and oxygen atoms in total. The monoisotopic (exact) mass is 357 g/mol. The van der Waals surface area contributed by atoms with Crippen molar-refractivity contribution < 1.29 is 19.1 Å². The van der Waals surface area contributed by atoms with Crippen molar-refractivity contribution in [1.82, 2.24) is 10.6 Å². The summed E-state index contributed by atoms with van der Waals surface area (Å²) >= 11 is 0. The number of carbonyl (C=O) groups excluding carboxylic acids is 3. The number of esters is 1. The molecule has 1 aromatic rings. The number of nitrogens with zero attached hydrogens (tertiary/aromatic N) is 1. The zero-order valence-corrected chi connectivity index (χ0v) is 15.3. The number of rotatable bonds is 7. The average molecular weight is 357 g/mol. The molecule has 2 N–H and O–H groups in total. The van der Waals surface area contributed by atoms with Crippen molar-refractivity contribution in [3.05, 3.63) is 41.6 Å². The molecule has 0 aromatic heterocycles. The lowest BCUT2D eigenvalue weighted by atomic mass is 9.90. The summed E-state index contributed by atoms with van der Waals surface area (Å²) in [5.41, 5.74) is -0.456. The van der Waals surface area contributed by atoms with E-state index in [-0.39, 0.29) is 11.6 Å². The molecule has 0 radical (unpaired) electrons. The van der Waals surface area contributed by atoms with Gasteiger partial charge < -0.3 is 15.4 Å². The lowest BCUT2D eigenvalue weighted by Gasteiger charge is -2.27. The third kappa shape index (κ3) is 6.40. The predicted molar refractivity (Wildman–Crippen MR) is 96.2 cm³/mol. The van der Waals surface area contributed by atoms with E-state index in [1.807, 2.05) is 12.1 Å². The van der Waals surface area contributed by atoms with Crippen LogP contribution < -0.4 is 10.6 Å². The van der Waals surface area contributed by atoms with Crippen molar-refractivity contribution in [3.63, 3.8) is 0 Å². The van der Waals surface area contributed by atoms with Gasteiger partial charge in [-0.25, -0.2) is 4.79 Å².